The maximum atomic E-state index is 11.9. The molecule has 0 aliphatic rings. The molecule has 94 valence electrons. The molecule has 0 saturated carbocycles. The lowest BCUT2D eigenvalue weighted by Gasteiger charge is -2.19. The maximum Gasteiger partial charge on any atom is 0.275 e. The molecule has 0 saturated heterocycles. The van der Waals surface area contributed by atoms with Gasteiger partial charge in [-0.15, -0.1) is 11.8 Å². The molecule has 0 spiro atoms. The van der Waals surface area contributed by atoms with Gasteiger partial charge in [0.15, 0.2) is 0 Å². The van der Waals surface area contributed by atoms with E-state index in [1.165, 1.54) is 0 Å². The van der Waals surface area contributed by atoms with Gasteiger partial charge in [0.1, 0.15) is 0 Å². The molecule has 0 aliphatic heterocycles. The fourth-order valence-corrected chi connectivity index (χ4v) is 1.67. The Labute approximate surface area is 107 Å². The fourth-order valence-electron chi connectivity index (χ4n) is 1.23. The minimum absolute atomic E-state index is 0.201. The minimum Gasteiger partial charge on any atom is -0.268 e. The highest BCUT2D eigenvalue weighted by Crippen LogP contribution is 2.19. The molecule has 1 N–H and O–H groups in total. The summed E-state index contributed by atoms with van der Waals surface area (Å²) in [6.45, 7) is 7.57. The van der Waals surface area contributed by atoms with Gasteiger partial charge in [-0.3, -0.25) is 9.63 Å². The maximum absolute atomic E-state index is 11.9. The number of carbonyl (C=O) groups is 1. The second-order valence-electron chi connectivity index (χ2n) is 4.83. The van der Waals surface area contributed by atoms with E-state index in [1.54, 1.807) is 11.8 Å². The Morgan fingerprint density at radius 3 is 2.53 bits per heavy atom. The van der Waals surface area contributed by atoms with Gasteiger partial charge in [0.2, 0.25) is 0 Å². The Bertz CT molecular complexity index is 410. The van der Waals surface area contributed by atoms with Crippen LogP contribution in [0, 0.1) is 6.92 Å². The van der Waals surface area contributed by atoms with Crippen molar-refractivity contribution in [3.05, 3.63) is 29.3 Å². The van der Waals surface area contributed by atoms with Crippen LogP contribution < -0.4 is 5.48 Å². The number of nitrogens with one attached hydrogen (secondary N) is 1. The Hall–Kier alpha value is -1.00. The lowest BCUT2D eigenvalue weighted by Crippen LogP contribution is -2.33. The Morgan fingerprint density at radius 2 is 2.00 bits per heavy atom. The highest BCUT2D eigenvalue weighted by Gasteiger charge is 2.15. The number of benzene rings is 1. The molecule has 1 amide bonds. The SMILES string of the molecule is CSc1ccc(C)c(C(=O)NOC(C)(C)C)c1. The molecular weight excluding hydrogens is 234 g/mol. The molecule has 0 bridgehead atoms. The Kier molecular flexibility index (Phi) is 4.60. The van der Waals surface area contributed by atoms with Crippen LogP contribution in [-0.2, 0) is 4.84 Å². The first-order valence-electron chi connectivity index (χ1n) is 5.46. The van der Waals surface area contributed by atoms with Gasteiger partial charge in [0.25, 0.3) is 5.91 Å². The van der Waals surface area contributed by atoms with Gasteiger partial charge < -0.3 is 0 Å². The molecule has 17 heavy (non-hydrogen) atoms. The smallest absolute Gasteiger partial charge is 0.268 e. The minimum atomic E-state index is -0.388. The number of thioether (sulfide) groups is 1. The van der Waals surface area contributed by atoms with Gasteiger partial charge in [-0.05, 0) is 51.6 Å². The number of hydrogen-bond donors (Lipinski definition) is 1. The molecule has 1 aromatic rings. The van der Waals surface area contributed by atoms with Crippen molar-refractivity contribution >= 4 is 17.7 Å². The van der Waals surface area contributed by atoms with Crippen molar-refractivity contribution in [3.8, 4) is 0 Å². The zero-order valence-electron chi connectivity index (χ0n) is 11.0. The predicted octanol–water partition coefficient (Wildman–Crippen LogP) is 3.18. The summed E-state index contributed by atoms with van der Waals surface area (Å²) in [4.78, 5) is 18.3. The fraction of sp³-hybridized carbons (Fsp3) is 0.462. The van der Waals surface area contributed by atoms with E-state index in [4.69, 9.17) is 4.84 Å². The van der Waals surface area contributed by atoms with Crippen LogP contribution in [0.25, 0.3) is 0 Å². The first-order chi connectivity index (χ1) is 7.83. The molecule has 0 aliphatic carbocycles. The summed E-state index contributed by atoms with van der Waals surface area (Å²) in [7, 11) is 0. The molecular formula is C13H19NO2S. The topological polar surface area (TPSA) is 38.3 Å². The lowest BCUT2D eigenvalue weighted by atomic mass is 10.1. The number of rotatable bonds is 3. The predicted molar refractivity (Wildman–Crippen MR) is 71.3 cm³/mol. The van der Waals surface area contributed by atoms with Gasteiger partial charge in [-0.1, -0.05) is 6.07 Å². The number of amides is 1. The third kappa shape index (κ3) is 4.40. The van der Waals surface area contributed by atoms with Crippen LogP contribution >= 0.6 is 11.8 Å². The quantitative estimate of drug-likeness (QED) is 0.664. The number of carbonyl (C=O) groups excluding carboxylic acids is 1. The molecule has 1 aromatic carbocycles. The van der Waals surface area contributed by atoms with Crippen LogP contribution in [0.4, 0.5) is 0 Å². The highest BCUT2D eigenvalue weighted by atomic mass is 32.2. The molecule has 0 aromatic heterocycles. The first kappa shape index (κ1) is 14.1. The van der Waals surface area contributed by atoms with E-state index in [1.807, 2.05) is 52.1 Å². The second-order valence-corrected chi connectivity index (χ2v) is 5.71. The van der Waals surface area contributed by atoms with E-state index >= 15 is 0 Å². The summed E-state index contributed by atoms with van der Waals surface area (Å²) in [5.74, 6) is -0.201. The Balaban J connectivity index is 2.81. The van der Waals surface area contributed by atoms with E-state index in [-0.39, 0.29) is 11.5 Å². The van der Waals surface area contributed by atoms with Gasteiger partial charge in [-0.25, -0.2) is 5.48 Å². The molecule has 0 unspecified atom stereocenters. The number of aryl methyl sites for hydroxylation is 1. The van der Waals surface area contributed by atoms with Crippen LogP contribution in [0.2, 0.25) is 0 Å². The lowest BCUT2D eigenvalue weighted by molar-refractivity contribution is -0.0590. The van der Waals surface area contributed by atoms with Crippen LogP contribution in [-0.4, -0.2) is 17.8 Å². The van der Waals surface area contributed by atoms with Crippen molar-refractivity contribution in [2.75, 3.05) is 6.26 Å². The van der Waals surface area contributed by atoms with Crippen LogP contribution in [0.15, 0.2) is 23.1 Å². The molecule has 0 fully saturated rings. The van der Waals surface area contributed by atoms with E-state index in [2.05, 4.69) is 5.48 Å². The zero-order valence-corrected chi connectivity index (χ0v) is 11.8. The average molecular weight is 253 g/mol. The van der Waals surface area contributed by atoms with Crippen molar-refractivity contribution in [1.82, 2.24) is 5.48 Å². The molecule has 0 atom stereocenters. The molecule has 0 radical (unpaired) electrons. The van der Waals surface area contributed by atoms with Crippen molar-refractivity contribution in [3.63, 3.8) is 0 Å². The van der Waals surface area contributed by atoms with Crippen LogP contribution in [0.3, 0.4) is 0 Å². The van der Waals surface area contributed by atoms with E-state index in [9.17, 15) is 4.79 Å². The normalized spacial score (nSPS) is 11.4. The van der Waals surface area contributed by atoms with E-state index in [0.29, 0.717) is 5.56 Å². The zero-order chi connectivity index (χ0) is 13.1. The second kappa shape index (κ2) is 5.56. The van der Waals surface area contributed by atoms with Crippen LogP contribution in [0.5, 0.6) is 0 Å². The van der Waals surface area contributed by atoms with Crippen molar-refractivity contribution < 1.29 is 9.63 Å². The van der Waals surface area contributed by atoms with Crippen molar-refractivity contribution in [2.24, 2.45) is 0 Å². The summed E-state index contributed by atoms with van der Waals surface area (Å²) < 4.78 is 0. The van der Waals surface area contributed by atoms with Crippen molar-refractivity contribution in [2.45, 2.75) is 38.2 Å². The van der Waals surface area contributed by atoms with Crippen molar-refractivity contribution in [1.29, 1.82) is 0 Å². The molecule has 0 heterocycles. The molecule has 3 nitrogen and oxygen atoms in total. The van der Waals surface area contributed by atoms with Gasteiger partial charge in [0.05, 0.1) is 5.60 Å². The highest BCUT2D eigenvalue weighted by molar-refractivity contribution is 7.98. The van der Waals surface area contributed by atoms with Gasteiger partial charge >= 0.3 is 0 Å². The molecule has 4 heteroatoms. The van der Waals surface area contributed by atoms with Gasteiger partial charge in [0, 0.05) is 10.5 Å². The van der Waals surface area contributed by atoms with E-state index < -0.39 is 0 Å². The van der Waals surface area contributed by atoms with Crippen LogP contribution in [0.1, 0.15) is 36.7 Å². The summed E-state index contributed by atoms with van der Waals surface area (Å²) in [6.07, 6.45) is 1.98. The molecule has 1 rings (SSSR count). The average Bonchev–Trinajstić information content (AvgIpc) is 2.25. The monoisotopic (exact) mass is 253 g/mol. The standard InChI is InChI=1S/C13H19NO2S/c1-9-6-7-10(17-5)8-11(9)12(15)14-16-13(2,3)4/h6-8H,1-5H3,(H,14,15). The number of hydroxylamine groups is 1. The largest absolute Gasteiger partial charge is 0.275 e. The first-order valence-corrected chi connectivity index (χ1v) is 6.69. The third-order valence-electron chi connectivity index (χ3n) is 2.14. The number of hydrogen-bond acceptors (Lipinski definition) is 3. The summed E-state index contributed by atoms with van der Waals surface area (Å²) in [5, 5.41) is 0. The van der Waals surface area contributed by atoms with Gasteiger partial charge in [-0.2, -0.15) is 0 Å². The summed E-state index contributed by atoms with van der Waals surface area (Å²) in [6, 6.07) is 5.82. The Morgan fingerprint density at radius 1 is 1.35 bits per heavy atom. The summed E-state index contributed by atoms with van der Waals surface area (Å²) >= 11 is 1.61. The summed E-state index contributed by atoms with van der Waals surface area (Å²) in [5.41, 5.74) is 3.69. The third-order valence-corrected chi connectivity index (χ3v) is 2.86. The van der Waals surface area contributed by atoms with E-state index in [0.717, 1.165) is 10.5 Å².